The second kappa shape index (κ2) is 8.01. The molecule has 0 saturated heterocycles. The van der Waals surface area contributed by atoms with Crippen molar-refractivity contribution in [3.8, 4) is 0 Å². The van der Waals surface area contributed by atoms with Crippen molar-refractivity contribution in [2.45, 2.75) is 83.8 Å². The Kier molecular flexibility index (Phi) is 7.41. The number of hydrogen-bond acceptors (Lipinski definition) is 7. The van der Waals surface area contributed by atoms with E-state index in [-0.39, 0.29) is 0 Å². The summed E-state index contributed by atoms with van der Waals surface area (Å²) in [5, 5.41) is 31.6. The standard InChI is InChI=1S/C16H29NO8/c1-14(2,3)24-12(21)9(18)8-16(7,23)10(11(19)20)17-13(22)25-15(4,5)6/h9-10,18,23H,8H2,1-7H3,(H,17,22)(H,19,20)/t9?,10?,16-/m1/s1. The summed E-state index contributed by atoms with van der Waals surface area (Å²) in [6.45, 7) is 10.6. The smallest absolute Gasteiger partial charge is 0.408 e. The van der Waals surface area contributed by atoms with Gasteiger partial charge in [-0.15, -0.1) is 0 Å². The van der Waals surface area contributed by atoms with Crippen LogP contribution in [0.25, 0.3) is 0 Å². The molecule has 0 aromatic rings. The molecule has 0 aliphatic heterocycles. The van der Waals surface area contributed by atoms with Gasteiger partial charge in [-0.25, -0.2) is 14.4 Å². The zero-order chi connectivity index (χ0) is 20.2. The molecule has 3 atom stereocenters. The Morgan fingerprint density at radius 2 is 1.40 bits per heavy atom. The van der Waals surface area contributed by atoms with Crippen molar-refractivity contribution in [2.24, 2.45) is 0 Å². The first-order valence-corrected chi connectivity index (χ1v) is 7.80. The average molecular weight is 363 g/mol. The van der Waals surface area contributed by atoms with Crippen LogP contribution in [0, 0.1) is 0 Å². The zero-order valence-corrected chi connectivity index (χ0v) is 15.7. The molecule has 0 aliphatic rings. The van der Waals surface area contributed by atoms with Gasteiger partial charge in [0.15, 0.2) is 12.1 Å². The van der Waals surface area contributed by atoms with Crippen LogP contribution in [0.2, 0.25) is 0 Å². The second-order valence-corrected chi connectivity index (χ2v) is 8.03. The lowest BCUT2D eigenvalue weighted by Crippen LogP contribution is -2.58. The molecule has 0 heterocycles. The highest BCUT2D eigenvalue weighted by atomic mass is 16.6. The van der Waals surface area contributed by atoms with Gasteiger partial charge in [0.05, 0.1) is 5.60 Å². The molecular weight excluding hydrogens is 334 g/mol. The summed E-state index contributed by atoms with van der Waals surface area (Å²) in [4.78, 5) is 35.0. The number of carboxylic acids is 1. The van der Waals surface area contributed by atoms with Crippen molar-refractivity contribution in [3.05, 3.63) is 0 Å². The summed E-state index contributed by atoms with van der Waals surface area (Å²) < 4.78 is 9.93. The quantitative estimate of drug-likeness (QED) is 0.508. The lowest BCUT2D eigenvalue weighted by molar-refractivity contribution is -0.170. The van der Waals surface area contributed by atoms with Gasteiger partial charge < -0.3 is 30.1 Å². The second-order valence-electron chi connectivity index (χ2n) is 8.03. The summed E-state index contributed by atoms with van der Waals surface area (Å²) >= 11 is 0. The number of aliphatic carboxylic acids is 1. The fourth-order valence-corrected chi connectivity index (χ4v) is 1.87. The lowest BCUT2D eigenvalue weighted by Gasteiger charge is -2.33. The maximum absolute atomic E-state index is 11.8. The first-order chi connectivity index (χ1) is 10.9. The molecular formula is C16H29NO8. The molecule has 9 heteroatoms. The van der Waals surface area contributed by atoms with E-state index in [1.54, 1.807) is 41.5 Å². The van der Waals surface area contributed by atoms with Gasteiger partial charge in [-0.05, 0) is 48.5 Å². The number of ether oxygens (including phenoxy) is 2. The van der Waals surface area contributed by atoms with Gasteiger partial charge in [-0.2, -0.15) is 0 Å². The van der Waals surface area contributed by atoms with Crippen molar-refractivity contribution in [3.63, 3.8) is 0 Å². The van der Waals surface area contributed by atoms with E-state index >= 15 is 0 Å². The molecule has 0 fully saturated rings. The number of hydrogen-bond donors (Lipinski definition) is 4. The molecule has 2 unspecified atom stereocenters. The Morgan fingerprint density at radius 3 is 1.76 bits per heavy atom. The van der Waals surface area contributed by atoms with Crippen LogP contribution in [0.15, 0.2) is 0 Å². The Labute approximate surface area is 147 Å². The van der Waals surface area contributed by atoms with E-state index in [2.05, 4.69) is 0 Å². The summed E-state index contributed by atoms with van der Waals surface area (Å²) in [5.41, 5.74) is -3.86. The molecule has 0 rings (SSSR count). The first-order valence-electron chi connectivity index (χ1n) is 7.80. The molecule has 25 heavy (non-hydrogen) atoms. The lowest BCUT2D eigenvalue weighted by atomic mass is 9.90. The van der Waals surface area contributed by atoms with E-state index in [4.69, 9.17) is 9.47 Å². The summed E-state index contributed by atoms with van der Waals surface area (Å²) in [5.74, 6) is -2.55. The molecule has 9 nitrogen and oxygen atoms in total. The summed E-state index contributed by atoms with van der Waals surface area (Å²) in [7, 11) is 0. The molecule has 0 aromatic carbocycles. The maximum Gasteiger partial charge on any atom is 0.408 e. The summed E-state index contributed by atoms with van der Waals surface area (Å²) in [6, 6.07) is -1.81. The minimum atomic E-state index is -2.14. The maximum atomic E-state index is 11.8. The van der Waals surface area contributed by atoms with Crippen LogP contribution in [0.4, 0.5) is 4.79 Å². The SMILES string of the molecule is CC(C)(C)OC(=O)NC(C(=O)O)[C@](C)(O)CC(O)C(=O)OC(C)(C)C. The minimum Gasteiger partial charge on any atom is -0.480 e. The fraction of sp³-hybridized carbons (Fsp3) is 0.812. The van der Waals surface area contributed by atoms with E-state index < -0.39 is 53.4 Å². The van der Waals surface area contributed by atoms with Crippen LogP contribution in [0.3, 0.4) is 0 Å². The molecule has 0 aliphatic carbocycles. The average Bonchev–Trinajstić information content (AvgIpc) is 2.30. The highest BCUT2D eigenvalue weighted by Crippen LogP contribution is 2.21. The number of amides is 1. The van der Waals surface area contributed by atoms with Gasteiger partial charge >= 0.3 is 18.0 Å². The molecule has 0 bridgehead atoms. The number of aliphatic hydroxyl groups is 2. The Balaban J connectivity index is 5.10. The van der Waals surface area contributed by atoms with Crippen LogP contribution in [0.1, 0.15) is 54.9 Å². The van der Waals surface area contributed by atoms with E-state index in [1.807, 2.05) is 5.32 Å². The molecule has 4 N–H and O–H groups in total. The molecule has 1 amide bonds. The van der Waals surface area contributed by atoms with Crippen molar-refractivity contribution >= 4 is 18.0 Å². The monoisotopic (exact) mass is 363 g/mol. The third-order valence-corrected chi connectivity index (χ3v) is 2.82. The van der Waals surface area contributed by atoms with Gasteiger partial charge in [0.25, 0.3) is 0 Å². The Hall–Kier alpha value is -1.87. The predicted molar refractivity (Wildman–Crippen MR) is 87.9 cm³/mol. The first kappa shape index (κ1) is 23.1. The van der Waals surface area contributed by atoms with E-state index in [0.717, 1.165) is 6.92 Å². The van der Waals surface area contributed by atoms with E-state index in [1.165, 1.54) is 0 Å². The van der Waals surface area contributed by atoms with Crippen molar-refractivity contribution in [2.75, 3.05) is 0 Å². The molecule has 0 aromatic heterocycles. The highest BCUT2D eigenvalue weighted by molar-refractivity contribution is 5.82. The van der Waals surface area contributed by atoms with Crippen LogP contribution in [-0.4, -0.2) is 62.3 Å². The van der Waals surface area contributed by atoms with Gasteiger partial charge in [0, 0.05) is 6.42 Å². The summed E-state index contributed by atoms with van der Waals surface area (Å²) in [6.07, 6.45) is -3.47. The normalized spacial score (nSPS) is 17.0. The highest BCUT2D eigenvalue weighted by Gasteiger charge is 2.43. The number of carbonyl (C=O) groups is 3. The molecule has 0 radical (unpaired) electrons. The number of nitrogens with one attached hydrogen (secondary N) is 1. The number of esters is 1. The Morgan fingerprint density at radius 1 is 0.960 bits per heavy atom. The van der Waals surface area contributed by atoms with Gasteiger partial charge in [-0.1, -0.05) is 0 Å². The minimum absolute atomic E-state index is 0.658. The number of alkyl carbamates (subject to hydrolysis) is 1. The van der Waals surface area contributed by atoms with Crippen molar-refractivity contribution in [1.29, 1.82) is 0 Å². The van der Waals surface area contributed by atoms with Gasteiger partial charge in [0.1, 0.15) is 11.2 Å². The van der Waals surface area contributed by atoms with E-state index in [0.29, 0.717) is 0 Å². The third-order valence-electron chi connectivity index (χ3n) is 2.82. The van der Waals surface area contributed by atoms with Crippen LogP contribution >= 0.6 is 0 Å². The van der Waals surface area contributed by atoms with Crippen LogP contribution < -0.4 is 5.32 Å². The van der Waals surface area contributed by atoms with Crippen molar-refractivity contribution in [1.82, 2.24) is 5.32 Å². The molecule has 0 saturated carbocycles. The molecule has 146 valence electrons. The predicted octanol–water partition coefficient (Wildman–Crippen LogP) is 0.808. The number of aliphatic hydroxyl groups excluding tert-OH is 1. The van der Waals surface area contributed by atoms with Gasteiger partial charge in [-0.3, -0.25) is 0 Å². The fourth-order valence-electron chi connectivity index (χ4n) is 1.87. The number of rotatable bonds is 6. The van der Waals surface area contributed by atoms with Crippen molar-refractivity contribution < 1.29 is 39.2 Å². The number of carboxylic acid groups (broad SMARTS) is 1. The zero-order valence-electron chi connectivity index (χ0n) is 15.7. The van der Waals surface area contributed by atoms with E-state index in [9.17, 15) is 29.7 Å². The van der Waals surface area contributed by atoms with Gasteiger partial charge in [0.2, 0.25) is 0 Å². The van der Waals surface area contributed by atoms with Crippen LogP contribution in [0.5, 0.6) is 0 Å². The Bertz CT molecular complexity index is 501. The van der Waals surface area contributed by atoms with Crippen LogP contribution in [-0.2, 0) is 19.1 Å². The largest absolute Gasteiger partial charge is 0.480 e. The third kappa shape index (κ3) is 9.25. The molecule has 0 spiro atoms. The topological polar surface area (TPSA) is 142 Å². The number of carbonyl (C=O) groups excluding carboxylic acids is 2.